The summed E-state index contributed by atoms with van der Waals surface area (Å²) in [5.41, 5.74) is 0. The van der Waals surface area contributed by atoms with Crippen molar-refractivity contribution in [1.29, 1.82) is 0 Å². The molecule has 4 heteroatoms. The fraction of sp³-hybridized carbons (Fsp3) is 0.692. The maximum absolute atomic E-state index is 8.98. The Labute approximate surface area is 112 Å². The van der Waals surface area contributed by atoms with Crippen LogP contribution in [0.2, 0.25) is 0 Å². The molecule has 1 unspecified atom stereocenters. The van der Waals surface area contributed by atoms with Crippen LogP contribution in [0.3, 0.4) is 0 Å². The van der Waals surface area contributed by atoms with Gasteiger partial charge in [0.05, 0.1) is 4.21 Å². The molecule has 1 aliphatic heterocycles. The van der Waals surface area contributed by atoms with E-state index in [9.17, 15) is 0 Å². The number of rotatable bonds is 6. The van der Waals surface area contributed by atoms with Crippen molar-refractivity contribution in [3.8, 4) is 0 Å². The second-order valence-electron chi connectivity index (χ2n) is 4.60. The number of likely N-dealkylation sites (tertiary alicyclic amines) is 1. The highest BCUT2D eigenvalue weighted by molar-refractivity contribution is 8.01. The van der Waals surface area contributed by atoms with E-state index in [-0.39, 0.29) is 0 Å². The Bertz CT molecular complexity index is 300. The fourth-order valence-corrected chi connectivity index (χ4v) is 4.26. The Morgan fingerprint density at radius 3 is 3.24 bits per heavy atom. The first kappa shape index (κ1) is 13.4. The largest absolute Gasteiger partial charge is 0.396 e. The SMILES string of the molecule is OCCC1CCCN(CCSc2cccs2)C1. The molecule has 1 N–H and O–H groups in total. The van der Waals surface area contributed by atoms with Crippen LogP contribution in [0.25, 0.3) is 0 Å². The summed E-state index contributed by atoms with van der Waals surface area (Å²) in [6.07, 6.45) is 3.58. The Morgan fingerprint density at radius 1 is 1.53 bits per heavy atom. The summed E-state index contributed by atoms with van der Waals surface area (Å²) in [6, 6.07) is 4.31. The van der Waals surface area contributed by atoms with Gasteiger partial charge in [-0.15, -0.1) is 23.1 Å². The first-order valence-electron chi connectivity index (χ1n) is 6.38. The number of nitrogens with zero attached hydrogens (tertiary/aromatic N) is 1. The molecule has 0 spiro atoms. The Balaban J connectivity index is 1.65. The Hall–Kier alpha value is -0.0300. The molecule has 1 aliphatic rings. The summed E-state index contributed by atoms with van der Waals surface area (Å²) in [6.45, 7) is 3.96. The Morgan fingerprint density at radius 2 is 2.47 bits per heavy atom. The van der Waals surface area contributed by atoms with E-state index in [0.717, 1.165) is 12.3 Å². The molecule has 0 radical (unpaired) electrons. The monoisotopic (exact) mass is 271 g/mol. The van der Waals surface area contributed by atoms with Gasteiger partial charge >= 0.3 is 0 Å². The van der Waals surface area contributed by atoms with Crippen LogP contribution in [0.5, 0.6) is 0 Å². The van der Waals surface area contributed by atoms with E-state index in [1.807, 2.05) is 23.1 Å². The lowest BCUT2D eigenvalue weighted by molar-refractivity contribution is 0.154. The van der Waals surface area contributed by atoms with Crippen LogP contribution in [0, 0.1) is 5.92 Å². The molecule has 2 heterocycles. The van der Waals surface area contributed by atoms with Gasteiger partial charge in [0.25, 0.3) is 0 Å². The maximum atomic E-state index is 8.98. The standard InChI is InChI=1S/C13H21NOS2/c15-8-5-12-3-1-6-14(11-12)7-10-17-13-4-2-9-16-13/h2,4,9,12,15H,1,3,5-8,10-11H2. The van der Waals surface area contributed by atoms with Crippen molar-refractivity contribution in [3.05, 3.63) is 17.5 Å². The molecule has 0 bridgehead atoms. The summed E-state index contributed by atoms with van der Waals surface area (Å²) in [4.78, 5) is 2.56. The van der Waals surface area contributed by atoms with Crippen LogP contribution < -0.4 is 0 Å². The van der Waals surface area contributed by atoms with Crippen LogP contribution in [0.15, 0.2) is 21.7 Å². The van der Waals surface area contributed by atoms with E-state index in [2.05, 4.69) is 22.4 Å². The molecule has 2 rings (SSSR count). The van der Waals surface area contributed by atoms with Gasteiger partial charge in [-0.3, -0.25) is 0 Å². The van der Waals surface area contributed by atoms with Crippen molar-refractivity contribution in [2.24, 2.45) is 5.92 Å². The minimum atomic E-state index is 0.350. The number of thiophene rings is 1. The molecule has 0 aromatic carbocycles. The highest BCUT2D eigenvalue weighted by Crippen LogP contribution is 2.24. The van der Waals surface area contributed by atoms with Gasteiger partial charge in [-0.25, -0.2) is 0 Å². The van der Waals surface area contributed by atoms with Crippen LogP contribution in [-0.4, -0.2) is 42.0 Å². The zero-order valence-corrected chi connectivity index (χ0v) is 11.8. The summed E-state index contributed by atoms with van der Waals surface area (Å²) in [7, 11) is 0. The van der Waals surface area contributed by atoms with E-state index in [0.29, 0.717) is 6.61 Å². The van der Waals surface area contributed by atoms with Gasteiger partial charge in [0.15, 0.2) is 0 Å². The molecule has 1 saturated heterocycles. The lowest BCUT2D eigenvalue weighted by Gasteiger charge is -2.32. The maximum Gasteiger partial charge on any atom is 0.0598 e. The number of piperidine rings is 1. The van der Waals surface area contributed by atoms with E-state index >= 15 is 0 Å². The van der Waals surface area contributed by atoms with Gasteiger partial charge < -0.3 is 10.0 Å². The topological polar surface area (TPSA) is 23.5 Å². The average molecular weight is 271 g/mol. The molecule has 1 atom stereocenters. The van der Waals surface area contributed by atoms with Crippen molar-refractivity contribution in [2.75, 3.05) is 32.0 Å². The zero-order chi connectivity index (χ0) is 11.9. The van der Waals surface area contributed by atoms with Crippen LogP contribution >= 0.6 is 23.1 Å². The number of hydrogen-bond acceptors (Lipinski definition) is 4. The first-order valence-corrected chi connectivity index (χ1v) is 8.24. The minimum absolute atomic E-state index is 0.350. The highest BCUT2D eigenvalue weighted by atomic mass is 32.2. The van der Waals surface area contributed by atoms with Crippen LogP contribution in [0.1, 0.15) is 19.3 Å². The normalized spacial score (nSPS) is 21.8. The molecule has 17 heavy (non-hydrogen) atoms. The third-order valence-electron chi connectivity index (χ3n) is 3.29. The molecule has 1 fully saturated rings. The lowest BCUT2D eigenvalue weighted by atomic mass is 9.95. The lowest BCUT2D eigenvalue weighted by Crippen LogP contribution is -2.37. The molecule has 0 saturated carbocycles. The molecule has 96 valence electrons. The summed E-state index contributed by atoms with van der Waals surface area (Å²) >= 11 is 3.79. The smallest absolute Gasteiger partial charge is 0.0598 e. The van der Waals surface area contributed by atoms with E-state index in [1.54, 1.807) is 0 Å². The van der Waals surface area contributed by atoms with Gasteiger partial charge in [0.2, 0.25) is 0 Å². The summed E-state index contributed by atoms with van der Waals surface area (Å²) in [5, 5.41) is 11.1. The molecule has 0 amide bonds. The van der Waals surface area contributed by atoms with Crippen molar-refractivity contribution < 1.29 is 5.11 Å². The minimum Gasteiger partial charge on any atom is -0.396 e. The quantitative estimate of drug-likeness (QED) is 0.805. The van der Waals surface area contributed by atoms with Crippen molar-refractivity contribution in [3.63, 3.8) is 0 Å². The van der Waals surface area contributed by atoms with Crippen LogP contribution in [0.4, 0.5) is 0 Å². The van der Waals surface area contributed by atoms with E-state index < -0.39 is 0 Å². The number of thioether (sulfide) groups is 1. The van der Waals surface area contributed by atoms with E-state index in [1.165, 1.54) is 42.4 Å². The van der Waals surface area contributed by atoms with Crippen LogP contribution in [-0.2, 0) is 0 Å². The van der Waals surface area contributed by atoms with Gasteiger partial charge in [-0.05, 0) is 43.2 Å². The number of aliphatic hydroxyl groups is 1. The number of aliphatic hydroxyl groups excluding tert-OH is 1. The fourth-order valence-electron chi connectivity index (χ4n) is 2.39. The predicted octanol–water partition coefficient (Wildman–Crippen LogP) is 2.93. The molecular weight excluding hydrogens is 250 g/mol. The third-order valence-corrected chi connectivity index (χ3v) is 5.40. The molecule has 1 aromatic heterocycles. The van der Waals surface area contributed by atoms with Gasteiger partial charge in [-0.1, -0.05) is 6.07 Å². The van der Waals surface area contributed by atoms with Gasteiger partial charge in [0, 0.05) is 25.4 Å². The van der Waals surface area contributed by atoms with Crippen molar-refractivity contribution >= 4 is 23.1 Å². The molecule has 0 aliphatic carbocycles. The number of hydrogen-bond donors (Lipinski definition) is 1. The second-order valence-corrected chi connectivity index (χ2v) is 6.94. The first-order chi connectivity index (χ1) is 8.38. The zero-order valence-electron chi connectivity index (χ0n) is 10.2. The van der Waals surface area contributed by atoms with Crippen molar-refractivity contribution in [1.82, 2.24) is 4.90 Å². The summed E-state index contributed by atoms with van der Waals surface area (Å²) < 4.78 is 1.42. The van der Waals surface area contributed by atoms with Gasteiger partial charge in [-0.2, -0.15) is 0 Å². The van der Waals surface area contributed by atoms with Gasteiger partial charge in [0.1, 0.15) is 0 Å². The highest BCUT2D eigenvalue weighted by Gasteiger charge is 2.18. The second kappa shape index (κ2) is 7.41. The summed E-state index contributed by atoms with van der Waals surface area (Å²) in [5.74, 6) is 1.91. The van der Waals surface area contributed by atoms with Crippen molar-refractivity contribution in [2.45, 2.75) is 23.5 Å². The average Bonchev–Trinajstić information content (AvgIpc) is 2.83. The molecular formula is C13H21NOS2. The Kier molecular flexibility index (Phi) is 5.85. The molecule has 2 nitrogen and oxygen atoms in total. The van der Waals surface area contributed by atoms with E-state index in [4.69, 9.17) is 5.11 Å². The third kappa shape index (κ3) is 4.62. The predicted molar refractivity (Wildman–Crippen MR) is 75.9 cm³/mol. The molecule has 1 aromatic rings.